The minimum absolute atomic E-state index is 0.158. The van der Waals surface area contributed by atoms with E-state index in [-0.39, 0.29) is 11.3 Å². The lowest BCUT2D eigenvalue weighted by atomic mass is 10.1. The van der Waals surface area contributed by atoms with E-state index in [2.05, 4.69) is 15.2 Å². The Bertz CT molecular complexity index is 1160. The van der Waals surface area contributed by atoms with Gasteiger partial charge in [-0.3, -0.25) is 9.89 Å². The van der Waals surface area contributed by atoms with Crippen molar-refractivity contribution in [2.75, 3.05) is 7.11 Å². The summed E-state index contributed by atoms with van der Waals surface area (Å²) in [6, 6.07) is 9.23. The molecule has 1 N–H and O–H groups in total. The van der Waals surface area contributed by atoms with E-state index in [4.69, 9.17) is 9.26 Å². The summed E-state index contributed by atoms with van der Waals surface area (Å²) < 4.78 is 10.9. The first-order valence-corrected chi connectivity index (χ1v) is 7.80. The Labute approximate surface area is 147 Å². The molecule has 4 rings (SSSR count). The second-order valence-electron chi connectivity index (χ2n) is 5.67. The summed E-state index contributed by atoms with van der Waals surface area (Å²) in [5, 5.41) is 6.46. The van der Waals surface area contributed by atoms with Crippen molar-refractivity contribution in [1.82, 2.24) is 19.8 Å². The molecule has 0 aliphatic rings. The highest BCUT2D eigenvalue weighted by Gasteiger charge is 2.24. The molecule has 0 radical (unpaired) electrons. The van der Waals surface area contributed by atoms with Gasteiger partial charge in [0.1, 0.15) is 6.26 Å². The second-order valence-corrected chi connectivity index (χ2v) is 5.67. The van der Waals surface area contributed by atoms with Gasteiger partial charge in [-0.2, -0.15) is 4.52 Å². The van der Waals surface area contributed by atoms with E-state index >= 15 is 0 Å². The first kappa shape index (κ1) is 15.8. The van der Waals surface area contributed by atoms with Gasteiger partial charge in [-0.1, -0.05) is 35.5 Å². The standard InChI is InChI=1S/C18H14N4O4/c1-10-13(12-8-19-26-9-12)17(23)22-16(20-10)14(11-6-4-3-5-7-11)15(21-22)18(24)25-2/h3-9,21H,1-2H3. The Morgan fingerprint density at radius 1 is 1.19 bits per heavy atom. The Kier molecular flexibility index (Phi) is 3.65. The molecule has 0 atom stereocenters. The molecule has 0 fully saturated rings. The van der Waals surface area contributed by atoms with E-state index in [1.807, 2.05) is 30.3 Å². The van der Waals surface area contributed by atoms with Crippen LogP contribution in [0.15, 0.2) is 52.1 Å². The summed E-state index contributed by atoms with van der Waals surface area (Å²) in [5.41, 5.74) is 2.77. The topological polar surface area (TPSA) is 102 Å². The molecule has 8 nitrogen and oxygen atoms in total. The molecule has 4 aromatic rings. The highest BCUT2D eigenvalue weighted by molar-refractivity contribution is 5.99. The molecule has 26 heavy (non-hydrogen) atoms. The highest BCUT2D eigenvalue weighted by Crippen LogP contribution is 2.29. The lowest BCUT2D eigenvalue weighted by molar-refractivity contribution is 0.0594. The number of rotatable bonds is 3. The van der Waals surface area contributed by atoms with Gasteiger partial charge < -0.3 is 9.26 Å². The van der Waals surface area contributed by atoms with E-state index in [0.717, 1.165) is 5.56 Å². The number of nitrogens with one attached hydrogen (secondary N) is 1. The zero-order chi connectivity index (χ0) is 18.3. The molecule has 0 unspecified atom stereocenters. The number of carbonyl (C=O) groups is 1. The summed E-state index contributed by atoms with van der Waals surface area (Å²) in [6.07, 6.45) is 2.82. The number of carbonyl (C=O) groups excluding carboxylic acids is 1. The van der Waals surface area contributed by atoms with Crippen LogP contribution in [-0.2, 0) is 4.74 Å². The maximum Gasteiger partial charge on any atom is 0.356 e. The van der Waals surface area contributed by atoms with Gasteiger partial charge in [-0.25, -0.2) is 9.78 Å². The van der Waals surface area contributed by atoms with Gasteiger partial charge in [-0.05, 0) is 12.5 Å². The van der Waals surface area contributed by atoms with Gasteiger partial charge in [0.25, 0.3) is 5.56 Å². The van der Waals surface area contributed by atoms with Crippen LogP contribution in [0.1, 0.15) is 16.2 Å². The number of fused-ring (bicyclic) bond motifs is 1. The normalized spacial score (nSPS) is 11.0. The molecule has 0 amide bonds. The number of hydrogen-bond acceptors (Lipinski definition) is 6. The van der Waals surface area contributed by atoms with E-state index in [9.17, 15) is 9.59 Å². The van der Waals surface area contributed by atoms with Gasteiger partial charge in [0, 0.05) is 5.56 Å². The largest absolute Gasteiger partial charge is 0.464 e. The maximum absolute atomic E-state index is 13.0. The predicted octanol–water partition coefficient (Wildman–Crippen LogP) is 2.44. The predicted molar refractivity (Wildman–Crippen MR) is 92.8 cm³/mol. The average Bonchev–Trinajstić information content (AvgIpc) is 3.30. The third-order valence-corrected chi connectivity index (χ3v) is 4.13. The van der Waals surface area contributed by atoms with Gasteiger partial charge in [0.15, 0.2) is 11.3 Å². The van der Waals surface area contributed by atoms with Gasteiger partial charge >= 0.3 is 5.97 Å². The van der Waals surface area contributed by atoms with Crippen LogP contribution in [0.5, 0.6) is 0 Å². The van der Waals surface area contributed by atoms with Crippen molar-refractivity contribution >= 4 is 11.6 Å². The highest BCUT2D eigenvalue weighted by atomic mass is 16.5. The zero-order valence-corrected chi connectivity index (χ0v) is 14.0. The second kappa shape index (κ2) is 5.99. The number of hydrogen-bond donors (Lipinski definition) is 1. The lowest BCUT2D eigenvalue weighted by Crippen LogP contribution is -2.19. The minimum Gasteiger partial charge on any atom is -0.464 e. The number of methoxy groups -OCH3 is 1. The van der Waals surface area contributed by atoms with Crippen LogP contribution in [0.3, 0.4) is 0 Å². The van der Waals surface area contributed by atoms with Crippen LogP contribution in [0.25, 0.3) is 27.9 Å². The van der Waals surface area contributed by atoms with E-state index in [1.54, 1.807) is 6.92 Å². The quantitative estimate of drug-likeness (QED) is 0.569. The molecular weight excluding hydrogens is 336 g/mol. The lowest BCUT2D eigenvalue weighted by Gasteiger charge is -2.04. The summed E-state index contributed by atoms with van der Waals surface area (Å²) in [6.45, 7) is 1.73. The van der Waals surface area contributed by atoms with Gasteiger partial charge in [0.2, 0.25) is 0 Å². The van der Waals surface area contributed by atoms with Crippen LogP contribution in [0.2, 0.25) is 0 Å². The van der Waals surface area contributed by atoms with Crippen LogP contribution in [0, 0.1) is 6.92 Å². The molecule has 8 heteroatoms. The van der Waals surface area contributed by atoms with E-state index in [1.165, 1.54) is 24.1 Å². The van der Waals surface area contributed by atoms with Crippen molar-refractivity contribution in [3.63, 3.8) is 0 Å². The summed E-state index contributed by atoms with van der Waals surface area (Å²) in [7, 11) is 1.28. The number of H-pyrrole nitrogens is 1. The number of benzene rings is 1. The molecule has 130 valence electrons. The van der Waals surface area contributed by atoms with Crippen molar-refractivity contribution < 1.29 is 14.1 Å². The zero-order valence-electron chi connectivity index (χ0n) is 14.0. The molecule has 0 aliphatic carbocycles. The molecule has 0 spiro atoms. The molecule has 0 aliphatic heterocycles. The fraction of sp³-hybridized carbons (Fsp3) is 0.111. The number of aromatic amines is 1. The minimum atomic E-state index is -0.585. The SMILES string of the molecule is COC(=O)c1[nH]n2c(=O)c(-c3cnoc3)c(C)nc2c1-c1ccccc1. The van der Waals surface area contributed by atoms with Crippen molar-refractivity contribution in [3.8, 4) is 22.3 Å². The third-order valence-electron chi connectivity index (χ3n) is 4.13. The van der Waals surface area contributed by atoms with Crippen LogP contribution in [-0.4, -0.2) is 32.8 Å². The molecule has 1 aromatic carbocycles. The molecule has 3 aromatic heterocycles. The van der Waals surface area contributed by atoms with Crippen molar-refractivity contribution in [2.24, 2.45) is 0 Å². The summed E-state index contributed by atoms with van der Waals surface area (Å²) >= 11 is 0. The molecule has 0 saturated heterocycles. The van der Waals surface area contributed by atoms with Crippen LogP contribution in [0.4, 0.5) is 0 Å². The molecule has 3 heterocycles. The summed E-state index contributed by atoms with van der Waals surface area (Å²) in [5.74, 6) is -0.585. The number of aromatic nitrogens is 4. The first-order chi connectivity index (χ1) is 12.6. The number of aryl methyl sites for hydroxylation is 1. The van der Waals surface area contributed by atoms with Crippen LogP contribution < -0.4 is 5.56 Å². The average molecular weight is 350 g/mol. The van der Waals surface area contributed by atoms with E-state index < -0.39 is 5.97 Å². The maximum atomic E-state index is 13.0. The number of esters is 1. The van der Waals surface area contributed by atoms with Gasteiger partial charge in [0.05, 0.1) is 30.1 Å². The van der Waals surface area contributed by atoms with Crippen molar-refractivity contribution in [1.29, 1.82) is 0 Å². The smallest absolute Gasteiger partial charge is 0.356 e. The Hall–Kier alpha value is -3.68. The van der Waals surface area contributed by atoms with E-state index in [0.29, 0.717) is 28.0 Å². The third kappa shape index (κ3) is 2.31. The first-order valence-electron chi connectivity index (χ1n) is 7.80. The molecule has 0 saturated carbocycles. The van der Waals surface area contributed by atoms with Crippen molar-refractivity contribution in [3.05, 3.63) is 64.5 Å². The summed E-state index contributed by atoms with van der Waals surface area (Å²) in [4.78, 5) is 29.9. The fourth-order valence-electron chi connectivity index (χ4n) is 2.97. The Balaban J connectivity index is 2.10. The molecular formula is C18H14N4O4. The fourth-order valence-corrected chi connectivity index (χ4v) is 2.97. The number of ether oxygens (including phenoxy) is 1. The monoisotopic (exact) mass is 350 g/mol. The Morgan fingerprint density at radius 2 is 1.96 bits per heavy atom. The molecule has 0 bridgehead atoms. The van der Waals surface area contributed by atoms with Gasteiger partial charge in [-0.15, -0.1) is 0 Å². The number of nitrogens with zero attached hydrogens (tertiary/aromatic N) is 3. The van der Waals surface area contributed by atoms with Crippen molar-refractivity contribution in [2.45, 2.75) is 6.92 Å². The van der Waals surface area contributed by atoms with Crippen LogP contribution >= 0.6 is 0 Å². The Morgan fingerprint density at radius 3 is 2.62 bits per heavy atom.